The van der Waals surface area contributed by atoms with E-state index in [9.17, 15) is 0 Å². The maximum Gasteiger partial charge on any atom is 0.0178 e. The highest BCUT2D eigenvalue weighted by molar-refractivity contribution is 8.93. The first-order valence-corrected chi connectivity index (χ1v) is 4.33. The first-order valence-electron chi connectivity index (χ1n) is 4.33. The summed E-state index contributed by atoms with van der Waals surface area (Å²) < 4.78 is 0. The normalized spacial score (nSPS) is 10.8. The summed E-state index contributed by atoms with van der Waals surface area (Å²) in [5, 5.41) is 0. The molecule has 0 radical (unpaired) electrons. The van der Waals surface area contributed by atoms with Gasteiger partial charge in [-0.1, -0.05) is 45.0 Å². The largest absolute Gasteiger partial charge is 0.326 e. The van der Waals surface area contributed by atoms with Crippen LogP contribution in [0.5, 0.6) is 0 Å². The Balaban J connectivity index is 0.00000144. The molecular weight excluding hydrogens is 226 g/mol. The lowest BCUT2D eigenvalue weighted by Crippen LogP contribution is -2.10. The van der Waals surface area contributed by atoms with Crippen LogP contribution < -0.4 is 5.73 Å². The topological polar surface area (TPSA) is 26.0 Å². The molecule has 0 aromatic heterocycles. The summed E-state index contributed by atoms with van der Waals surface area (Å²) in [4.78, 5) is 0. The molecule has 0 atom stereocenters. The van der Waals surface area contributed by atoms with Crippen molar-refractivity contribution in [1.82, 2.24) is 0 Å². The van der Waals surface area contributed by atoms with Crippen LogP contribution in [0, 0.1) is 0 Å². The summed E-state index contributed by atoms with van der Waals surface area (Å²) in [5.74, 6) is 0. The third-order valence-corrected chi connectivity index (χ3v) is 2.06. The van der Waals surface area contributed by atoms with Gasteiger partial charge < -0.3 is 5.73 Å². The molecule has 0 saturated heterocycles. The van der Waals surface area contributed by atoms with E-state index in [0.29, 0.717) is 6.54 Å². The Hall–Kier alpha value is -0.340. The zero-order valence-corrected chi connectivity index (χ0v) is 10.2. The van der Waals surface area contributed by atoms with E-state index in [1.807, 2.05) is 0 Å². The van der Waals surface area contributed by atoms with Gasteiger partial charge in [0.2, 0.25) is 0 Å². The first kappa shape index (κ1) is 12.7. The maximum atomic E-state index is 5.51. The SMILES string of the molecule is Br.CC(C)(C)c1ccc(CN)cc1. The van der Waals surface area contributed by atoms with Gasteiger partial charge in [0.25, 0.3) is 0 Å². The van der Waals surface area contributed by atoms with Crippen molar-refractivity contribution in [3.8, 4) is 0 Å². The van der Waals surface area contributed by atoms with Crippen LogP contribution in [0.3, 0.4) is 0 Å². The van der Waals surface area contributed by atoms with E-state index < -0.39 is 0 Å². The van der Waals surface area contributed by atoms with Crippen LogP contribution in [0.4, 0.5) is 0 Å². The van der Waals surface area contributed by atoms with Crippen LogP contribution >= 0.6 is 17.0 Å². The molecule has 1 nitrogen and oxygen atoms in total. The highest BCUT2D eigenvalue weighted by Gasteiger charge is 2.12. The number of benzene rings is 1. The molecule has 0 aliphatic heterocycles. The van der Waals surface area contributed by atoms with Gasteiger partial charge in [-0.2, -0.15) is 0 Å². The van der Waals surface area contributed by atoms with Crippen molar-refractivity contribution < 1.29 is 0 Å². The van der Waals surface area contributed by atoms with Crippen molar-refractivity contribution >= 4 is 17.0 Å². The van der Waals surface area contributed by atoms with E-state index in [1.54, 1.807) is 0 Å². The average Bonchev–Trinajstić information content (AvgIpc) is 2.03. The molecule has 13 heavy (non-hydrogen) atoms. The molecule has 1 aromatic rings. The molecule has 1 rings (SSSR count). The second kappa shape index (κ2) is 4.77. The molecule has 2 N–H and O–H groups in total. The molecule has 0 bridgehead atoms. The Morgan fingerprint density at radius 2 is 1.54 bits per heavy atom. The van der Waals surface area contributed by atoms with Crippen LogP contribution in [-0.4, -0.2) is 0 Å². The van der Waals surface area contributed by atoms with E-state index in [4.69, 9.17) is 5.73 Å². The number of nitrogens with two attached hydrogens (primary N) is 1. The smallest absolute Gasteiger partial charge is 0.0178 e. The van der Waals surface area contributed by atoms with Gasteiger partial charge in [0.1, 0.15) is 0 Å². The van der Waals surface area contributed by atoms with Crippen molar-refractivity contribution in [3.63, 3.8) is 0 Å². The van der Waals surface area contributed by atoms with Crippen LogP contribution in [0.2, 0.25) is 0 Å². The van der Waals surface area contributed by atoms with E-state index in [2.05, 4.69) is 45.0 Å². The van der Waals surface area contributed by atoms with Crippen molar-refractivity contribution in [3.05, 3.63) is 35.4 Å². The predicted molar refractivity (Wildman–Crippen MR) is 63.4 cm³/mol. The summed E-state index contributed by atoms with van der Waals surface area (Å²) in [6, 6.07) is 8.51. The minimum Gasteiger partial charge on any atom is -0.326 e. The monoisotopic (exact) mass is 243 g/mol. The van der Waals surface area contributed by atoms with Crippen molar-refractivity contribution in [2.24, 2.45) is 5.73 Å². The van der Waals surface area contributed by atoms with Gasteiger partial charge in [0.15, 0.2) is 0 Å². The Kier molecular flexibility index (Phi) is 4.65. The van der Waals surface area contributed by atoms with Crippen LogP contribution in [0.25, 0.3) is 0 Å². The Morgan fingerprint density at radius 1 is 1.08 bits per heavy atom. The second-order valence-corrected chi connectivity index (χ2v) is 4.15. The molecule has 0 unspecified atom stereocenters. The van der Waals surface area contributed by atoms with E-state index in [-0.39, 0.29) is 22.4 Å². The van der Waals surface area contributed by atoms with Gasteiger partial charge in [-0.25, -0.2) is 0 Å². The Morgan fingerprint density at radius 3 is 1.85 bits per heavy atom. The molecule has 0 aliphatic carbocycles. The van der Waals surface area contributed by atoms with E-state index in [0.717, 1.165) is 0 Å². The summed E-state index contributed by atoms with van der Waals surface area (Å²) in [6.07, 6.45) is 0. The molecule has 0 amide bonds. The van der Waals surface area contributed by atoms with Crippen LogP contribution in [0.15, 0.2) is 24.3 Å². The van der Waals surface area contributed by atoms with Crippen LogP contribution in [0.1, 0.15) is 31.9 Å². The maximum absolute atomic E-state index is 5.51. The van der Waals surface area contributed by atoms with Gasteiger partial charge in [-0.3, -0.25) is 0 Å². The highest BCUT2D eigenvalue weighted by atomic mass is 79.9. The quantitative estimate of drug-likeness (QED) is 0.807. The van der Waals surface area contributed by atoms with Gasteiger partial charge >= 0.3 is 0 Å². The predicted octanol–water partition coefficient (Wildman–Crippen LogP) is 3.02. The summed E-state index contributed by atoms with van der Waals surface area (Å²) in [7, 11) is 0. The molecule has 0 spiro atoms. The Labute approximate surface area is 91.1 Å². The minimum atomic E-state index is 0. The molecule has 74 valence electrons. The second-order valence-electron chi connectivity index (χ2n) is 4.15. The third-order valence-electron chi connectivity index (χ3n) is 2.06. The zero-order chi connectivity index (χ0) is 9.19. The van der Waals surface area contributed by atoms with Gasteiger partial charge in [0, 0.05) is 6.54 Å². The molecule has 1 aromatic carbocycles. The number of hydrogen-bond acceptors (Lipinski definition) is 1. The fraction of sp³-hybridized carbons (Fsp3) is 0.455. The van der Waals surface area contributed by atoms with Gasteiger partial charge in [-0.05, 0) is 16.5 Å². The fourth-order valence-corrected chi connectivity index (χ4v) is 1.14. The molecule has 0 aliphatic rings. The number of halogens is 1. The lowest BCUT2D eigenvalue weighted by molar-refractivity contribution is 0.590. The summed E-state index contributed by atoms with van der Waals surface area (Å²) in [5.41, 5.74) is 8.31. The van der Waals surface area contributed by atoms with Crippen molar-refractivity contribution in [2.75, 3.05) is 0 Å². The van der Waals surface area contributed by atoms with Crippen molar-refractivity contribution in [2.45, 2.75) is 32.7 Å². The van der Waals surface area contributed by atoms with E-state index >= 15 is 0 Å². The van der Waals surface area contributed by atoms with Gasteiger partial charge in [-0.15, -0.1) is 17.0 Å². The van der Waals surface area contributed by atoms with E-state index in [1.165, 1.54) is 11.1 Å². The highest BCUT2D eigenvalue weighted by Crippen LogP contribution is 2.21. The lowest BCUT2D eigenvalue weighted by atomic mass is 9.87. The fourth-order valence-electron chi connectivity index (χ4n) is 1.14. The molecule has 0 fully saturated rings. The number of hydrogen-bond donors (Lipinski definition) is 1. The lowest BCUT2D eigenvalue weighted by Gasteiger charge is -2.18. The third kappa shape index (κ3) is 3.49. The zero-order valence-electron chi connectivity index (χ0n) is 8.50. The minimum absolute atomic E-state index is 0. The van der Waals surface area contributed by atoms with Gasteiger partial charge in [0.05, 0.1) is 0 Å². The number of rotatable bonds is 1. The summed E-state index contributed by atoms with van der Waals surface area (Å²) >= 11 is 0. The first-order chi connectivity index (χ1) is 5.54. The summed E-state index contributed by atoms with van der Waals surface area (Å²) in [6.45, 7) is 7.27. The Bertz CT molecular complexity index is 246. The van der Waals surface area contributed by atoms with Crippen molar-refractivity contribution in [1.29, 1.82) is 0 Å². The molecule has 2 heteroatoms. The molecule has 0 saturated carbocycles. The average molecular weight is 244 g/mol. The standard InChI is InChI=1S/C11H17N.BrH/c1-11(2,3)10-6-4-9(8-12)5-7-10;/h4-7H,8,12H2,1-3H3;1H. The van der Waals surface area contributed by atoms with Crippen LogP contribution in [-0.2, 0) is 12.0 Å². The molecule has 0 heterocycles. The molecular formula is C11H18BrN.